The molecule has 1 aromatic heterocycles. The highest BCUT2D eigenvalue weighted by atomic mass is 35.5. The van der Waals surface area contributed by atoms with Crippen molar-refractivity contribution >= 4 is 46.2 Å². The van der Waals surface area contributed by atoms with Crippen LogP contribution in [-0.4, -0.2) is 21.9 Å². The van der Waals surface area contributed by atoms with E-state index in [2.05, 4.69) is 5.32 Å². The molecule has 1 heterocycles. The molecule has 21 heavy (non-hydrogen) atoms. The second kappa shape index (κ2) is 5.90. The van der Waals surface area contributed by atoms with Crippen molar-refractivity contribution in [3.8, 4) is 0 Å². The van der Waals surface area contributed by atoms with Crippen LogP contribution in [0.2, 0.25) is 5.02 Å². The molecule has 0 aliphatic heterocycles. The molecule has 2 aromatic rings. The zero-order valence-corrected chi connectivity index (χ0v) is 11.8. The SMILES string of the molecule is O=C(O)c1cc([N+](=O)[O-])ccc1NC(=O)c1sccc1Cl. The maximum absolute atomic E-state index is 12.0. The second-order valence-electron chi connectivity index (χ2n) is 3.84. The van der Waals surface area contributed by atoms with Crippen LogP contribution in [0.4, 0.5) is 11.4 Å². The van der Waals surface area contributed by atoms with Crippen LogP contribution in [0, 0.1) is 10.1 Å². The van der Waals surface area contributed by atoms with Crippen LogP contribution < -0.4 is 5.32 Å². The first-order valence-electron chi connectivity index (χ1n) is 5.46. The lowest BCUT2D eigenvalue weighted by Crippen LogP contribution is -2.14. The number of carboxylic acids is 1. The van der Waals surface area contributed by atoms with Gasteiger partial charge in [-0.25, -0.2) is 4.79 Å². The zero-order valence-electron chi connectivity index (χ0n) is 10.2. The standard InChI is InChI=1S/C12H7ClN2O5S/c13-8-3-4-21-10(8)11(16)14-9-2-1-6(15(19)20)5-7(9)12(17)18/h1-5H,(H,14,16)(H,17,18). The number of nitrogens with zero attached hydrogens (tertiary/aromatic N) is 1. The Morgan fingerprint density at radius 2 is 2.05 bits per heavy atom. The van der Waals surface area contributed by atoms with Crippen molar-refractivity contribution < 1.29 is 19.6 Å². The highest BCUT2D eigenvalue weighted by molar-refractivity contribution is 7.12. The molecule has 108 valence electrons. The van der Waals surface area contributed by atoms with E-state index in [0.717, 1.165) is 23.5 Å². The smallest absolute Gasteiger partial charge is 0.338 e. The molecule has 0 unspecified atom stereocenters. The van der Waals surface area contributed by atoms with Gasteiger partial charge in [0.25, 0.3) is 11.6 Å². The Bertz CT molecular complexity index is 743. The number of benzene rings is 1. The van der Waals surface area contributed by atoms with E-state index in [1.807, 2.05) is 0 Å². The Labute approximate surface area is 126 Å². The van der Waals surface area contributed by atoms with E-state index >= 15 is 0 Å². The summed E-state index contributed by atoms with van der Waals surface area (Å²) < 4.78 is 0. The van der Waals surface area contributed by atoms with Gasteiger partial charge in [-0.2, -0.15) is 0 Å². The third-order valence-electron chi connectivity index (χ3n) is 2.52. The van der Waals surface area contributed by atoms with Gasteiger partial charge < -0.3 is 10.4 Å². The number of hydrogen-bond donors (Lipinski definition) is 2. The van der Waals surface area contributed by atoms with Crippen molar-refractivity contribution in [2.24, 2.45) is 0 Å². The van der Waals surface area contributed by atoms with Gasteiger partial charge in [-0.15, -0.1) is 11.3 Å². The van der Waals surface area contributed by atoms with Crippen LogP contribution in [0.25, 0.3) is 0 Å². The summed E-state index contributed by atoms with van der Waals surface area (Å²) in [5.41, 5.74) is -0.785. The minimum atomic E-state index is -1.38. The molecule has 0 aliphatic rings. The summed E-state index contributed by atoms with van der Waals surface area (Å²) in [5.74, 6) is -1.96. The van der Waals surface area contributed by atoms with E-state index in [9.17, 15) is 19.7 Å². The Balaban J connectivity index is 2.36. The molecule has 7 nitrogen and oxygen atoms in total. The molecular formula is C12H7ClN2O5S. The van der Waals surface area contributed by atoms with Gasteiger partial charge in [0, 0.05) is 12.1 Å². The molecule has 0 atom stereocenters. The number of hydrogen-bond acceptors (Lipinski definition) is 5. The van der Waals surface area contributed by atoms with Crippen LogP contribution in [0.3, 0.4) is 0 Å². The summed E-state index contributed by atoms with van der Waals surface area (Å²) >= 11 is 6.91. The van der Waals surface area contributed by atoms with Crippen LogP contribution in [0.1, 0.15) is 20.0 Å². The number of non-ortho nitro benzene ring substituents is 1. The number of nitrogens with one attached hydrogen (secondary N) is 1. The molecule has 2 rings (SSSR count). The second-order valence-corrected chi connectivity index (χ2v) is 5.17. The molecule has 0 aliphatic carbocycles. The molecule has 2 N–H and O–H groups in total. The number of thiophene rings is 1. The van der Waals surface area contributed by atoms with Crippen molar-refractivity contribution in [3.63, 3.8) is 0 Å². The lowest BCUT2D eigenvalue weighted by molar-refractivity contribution is -0.384. The van der Waals surface area contributed by atoms with E-state index < -0.39 is 16.8 Å². The minimum Gasteiger partial charge on any atom is -0.478 e. The van der Waals surface area contributed by atoms with E-state index in [4.69, 9.17) is 16.7 Å². The van der Waals surface area contributed by atoms with Gasteiger partial charge >= 0.3 is 5.97 Å². The van der Waals surface area contributed by atoms with Crippen molar-refractivity contribution in [2.45, 2.75) is 0 Å². The molecule has 0 saturated carbocycles. The summed E-state index contributed by atoms with van der Waals surface area (Å²) in [4.78, 5) is 33.3. The first-order chi connectivity index (χ1) is 9.90. The largest absolute Gasteiger partial charge is 0.478 e. The fourth-order valence-electron chi connectivity index (χ4n) is 1.57. The highest BCUT2D eigenvalue weighted by Crippen LogP contribution is 2.26. The predicted molar refractivity (Wildman–Crippen MR) is 77.3 cm³/mol. The van der Waals surface area contributed by atoms with Gasteiger partial charge in [0.05, 0.1) is 21.2 Å². The molecule has 0 spiro atoms. The van der Waals surface area contributed by atoms with Crippen LogP contribution >= 0.6 is 22.9 Å². The monoisotopic (exact) mass is 326 g/mol. The van der Waals surface area contributed by atoms with Gasteiger partial charge in [-0.3, -0.25) is 14.9 Å². The van der Waals surface area contributed by atoms with E-state index in [1.54, 1.807) is 5.38 Å². The predicted octanol–water partition coefficient (Wildman–Crippen LogP) is 3.26. The number of carboxylic acid groups (broad SMARTS) is 1. The number of nitro groups is 1. The van der Waals surface area contributed by atoms with Crippen molar-refractivity contribution in [1.29, 1.82) is 0 Å². The molecule has 0 radical (unpaired) electrons. The summed E-state index contributed by atoms with van der Waals surface area (Å²) in [7, 11) is 0. The molecule has 1 aromatic carbocycles. The topological polar surface area (TPSA) is 110 Å². The Morgan fingerprint density at radius 1 is 1.33 bits per heavy atom. The fourth-order valence-corrected chi connectivity index (χ4v) is 2.60. The third-order valence-corrected chi connectivity index (χ3v) is 3.86. The van der Waals surface area contributed by atoms with Crippen molar-refractivity contribution in [3.05, 3.63) is 55.2 Å². The number of nitro benzene ring substituents is 1. The quantitative estimate of drug-likeness (QED) is 0.662. The summed E-state index contributed by atoms with van der Waals surface area (Å²) in [6.45, 7) is 0. The molecule has 0 fully saturated rings. The van der Waals surface area contributed by atoms with Gasteiger partial charge in [-0.1, -0.05) is 11.6 Å². The van der Waals surface area contributed by atoms with E-state index in [0.29, 0.717) is 0 Å². The van der Waals surface area contributed by atoms with Gasteiger partial charge in [0.2, 0.25) is 0 Å². The Hall–Kier alpha value is -2.45. The summed E-state index contributed by atoms with van der Waals surface area (Å²) in [5, 5.41) is 24.0. The van der Waals surface area contributed by atoms with Crippen LogP contribution in [0.5, 0.6) is 0 Å². The molecule has 0 bridgehead atoms. The van der Waals surface area contributed by atoms with Crippen molar-refractivity contribution in [2.75, 3.05) is 5.32 Å². The number of amides is 1. The Kier molecular flexibility index (Phi) is 4.20. The fraction of sp³-hybridized carbons (Fsp3) is 0. The number of halogens is 1. The molecule has 9 heteroatoms. The van der Waals surface area contributed by atoms with E-state index in [1.165, 1.54) is 12.1 Å². The normalized spacial score (nSPS) is 10.1. The average molecular weight is 327 g/mol. The first kappa shape index (κ1) is 14.9. The molecular weight excluding hydrogens is 320 g/mol. The number of aromatic carboxylic acids is 1. The number of rotatable bonds is 4. The first-order valence-corrected chi connectivity index (χ1v) is 6.72. The molecule has 0 saturated heterocycles. The number of carbonyl (C=O) groups is 2. The number of anilines is 1. The van der Waals surface area contributed by atoms with Crippen LogP contribution in [-0.2, 0) is 0 Å². The maximum atomic E-state index is 12.0. The summed E-state index contributed by atoms with van der Waals surface area (Å²) in [6, 6.07) is 4.70. The Morgan fingerprint density at radius 3 is 2.57 bits per heavy atom. The summed E-state index contributed by atoms with van der Waals surface area (Å²) in [6.07, 6.45) is 0. The highest BCUT2D eigenvalue weighted by Gasteiger charge is 2.19. The van der Waals surface area contributed by atoms with Gasteiger partial charge in [0.1, 0.15) is 4.88 Å². The number of carbonyl (C=O) groups excluding carboxylic acids is 1. The minimum absolute atomic E-state index is 0.0393. The molecule has 1 amide bonds. The lowest BCUT2D eigenvalue weighted by Gasteiger charge is -2.07. The zero-order chi connectivity index (χ0) is 15.6. The van der Waals surface area contributed by atoms with E-state index in [-0.39, 0.29) is 26.8 Å². The third kappa shape index (κ3) is 3.18. The average Bonchev–Trinajstić information content (AvgIpc) is 2.85. The maximum Gasteiger partial charge on any atom is 0.338 e. The van der Waals surface area contributed by atoms with Crippen LogP contribution in [0.15, 0.2) is 29.6 Å². The van der Waals surface area contributed by atoms with Gasteiger partial charge in [0.15, 0.2) is 0 Å². The van der Waals surface area contributed by atoms with Gasteiger partial charge in [-0.05, 0) is 17.5 Å². The van der Waals surface area contributed by atoms with Crippen molar-refractivity contribution in [1.82, 2.24) is 0 Å². The lowest BCUT2D eigenvalue weighted by atomic mass is 10.1.